The van der Waals surface area contributed by atoms with Crippen LogP contribution in [0.25, 0.3) is 71.9 Å². The van der Waals surface area contributed by atoms with Crippen molar-refractivity contribution >= 4 is 60.3 Å². The van der Waals surface area contributed by atoms with Crippen LogP contribution in [0.2, 0.25) is 0 Å². The van der Waals surface area contributed by atoms with Crippen LogP contribution in [0.3, 0.4) is 0 Å². The first-order valence-electron chi connectivity index (χ1n) is 16.7. The molecule has 0 spiro atoms. The van der Waals surface area contributed by atoms with E-state index in [2.05, 4.69) is 123 Å². The molecule has 0 aliphatic carbocycles. The number of fused-ring (bicyclic) bond motifs is 10. The van der Waals surface area contributed by atoms with Crippen molar-refractivity contribution in [2.45, 2.75) is 27.7 Å². The van der Waals surface area contributed by atoms with Gasteiger partial charge in [0.15, 0.2) is 5.65 Å². The first-order chi connectivity index (χ1) is 24.4. The smallest absolute Gasteiger partial charge is 0.220 e. The maximum Gasteiger partial charge on any atom is 0.220 e. The Hall–Kier alpha value is -6.54. The maximum atomic E-state index is 6.67. The van der Waals surface area contributed by atoms with E-state index in [4.69, 9.17) is 14.7 Å². The average Bonchev–Trinajstić information content (AvgIpc) is 3.79. The van der Waals surface area contributed by atoms with Crippen LogP contribution < -0.4 is 4.74 Å². The van der Waals surface area contributed by atoms with Gasteiger partial charge in [-0.15, -0.1) is 10.2 Å². The molecule has 0 aliphatic rings. The summed E-state index contributed by atoms with van der Waals surface area (Å²) in [6.07, 6.45) is 0. The Balaban J connectivity index is 1.19. The van der Waals surface area contributed by atoms with Crippen molar-refractivity contribution in [2.24, 2.45) is 0 Å². The van der Waals surface area contributed by atoms with E-state index in [1.807, 2.05) is 44.2 Å². The fraction of sp³-hybridized carbons (Fsp3) is 0.0952. The summed E-state index contributed by atoms with van der Waals surface area (Å²) in [5.41, 5.74) is 11.2. The zero-order valence-corrected chi connectivity index (χ0v) is 28.0. The summed E-state index contributed by atoms with van der Waals surface area (Å²) in [6, 6.07) is 39.9. The lowest BCUT2D eigenvalue weighted by atomic mass is 10.1. The first-order valence-corrected chi connectivity index (χ1v) is 16.7. The summed E-state index contributed by atoms with van der Waals surface area (Å²) in [4.78, 5) is 10.2. The van der Waals surface area contributed by atoms with Crippen molar-refractivity contribution in [2.75, 3.05) is 0 Å². The van der Waals surface area contributed by atoms with Crippen LogP contribution in [0, 0.1) is 27.7 Å². The van der Waals surface area contributed by atoms with Crippen molar-refractivity contribution in [1.29, 1.82) is 0 Å². The molecule has 0 N–H and O–H groups in total. The Morgan fingerprint density at radius 3 is 2.08 bits per heavy atom. The molecule has 0 bridgehead atoms. The monoisotopic (exact) mass is 649 g/mol. The number of benzene rings is 5. The molecule has 0 saturated heterocycles. The van der Waals surface area contributed by atoms with Gasteiger partial charge < -0.3 is 4.74 Å². The molecule has 0 radical (unpaired) electrons. The van der Waals surface area contributed by atoms with Gasteiger partial charge in [0.1, 0.15) is 17.3 Å². The molecule has 0 fully saturated rings. The van der Waals surface area contributed by atoms with Crippen LogP contribution in [0.4, 0.5) is 0 Å². The summed E-state index contributed by atoms with van der Waals surface area (Å²) in [6.45, 7) is 8.31. The molecule has 0 amide bonds. The predicted octanol–water partition coefficient (Wildman–Crippen LogP) is 9.89. The van der Waals surface area contributed by atoms with E-state index >= 15 is 0 Å². The minimum atomic E-state index is 0.705. The number of pyridine rings is 2. The van der Waals surface area contributed by atoms with Crippen molar-refractivity contribution < 1.29 is 4.74 Å². The van der Waals surface area contributed by atoms with Crippen molar-refractivity contribution in [3.8, 4) is 23.1 Å². The third kappa shape index (κ3) is 4.05. The molecule has 10 aromatic rings. The molecule has 0 saturated carbocycles. The molecule has 5 heterocycles. The number of aryl methyl sites for hydroxylation is 4. The summed E-state index contributed by atoms with van der Waals surface area (Å²) < 4.78 is 13.3. The van der Waals surface area contributed by atoms with Crippen LogP contribution in [0.15, 0.2) is 115 Å². The molecule has 10 rings (SSSR count). The molecule has 0 unspecified atom stereocenters. The van der Waals surface area contributed by atoms with E-state index < -0.39 is 0 Å². The quantitative estimate of drug-likeness (QED) is 0.177. The largest absolute Gasteiger partial charge is 0.457 e. The molecular formula is C42H31N7O. The molecule has 0 atom stereocenters. The Morgan fingerprint density at radius 1 is 0.520 bits per heavy atom. The van der Waals surface area contributed by atoms with Gasteiger partial charge in [-0.05, 0) is 99.5 Å². The summed E-state index contributed by atoms with van der Waals surface area (Å²) in [7, 11) is 0. The second-order valence-electron chi connectivity index (χ2n) is 13.0. The number of aromatic nitrogens is 7. The third-order valence-corrected chi connectivity index (χ3v) is 9.85. The summed E-state index contributed by atoms with van der Waals surface area (Å²) in [5, 5.41) is 13.2. The lowest BCUT2D eigenvalue weighted by Gasteiger charge is -2.17. The lowest BCUT2D eigenvalue weighted by molar-refractivity contribution is 0.484. The normalized spacial score (nSPS) is 12.0. The van der Waals surface area contributed by atoms with Crippen LogP contribution in [0.5, 0.6) is 11.5 Å². The van der Waals surface area contributed by atoms with Crippen LogP contribution in [-0.4, -0.2) is 33.7 Å². The van der Waals surface area contributed by atoms with Gasteiger partial charge in [-0.3, -0.25) is 18.5 Å². The number of rotatable bonds is 4. The molecule has 5 aromatic heterocycles. The molecular weight excluding hydrogens is 619 g/mol. The number of para-hydroxylation sites is 4. The highest BCUT2D eigenvalue weighted by atomic mass is 16.5. The number of nitrogens with zero attached hydrogens (tertiary/aromatic N) is 7. The molecule has 8 heteroatoms. The van der Waals surface area contributed by atoms with Gasteiger partial charge in [0.2, 0.25) is 5.95 Å². The van der Waals surface area contributed by atoms with Crippen molar-refractivity contribution in [3.63, 3.8) is 0 Å². The average molecular weight is 650 g/mol. The highest BCUT2D eigenvalue weighted by Crippen LogP contribution is 2.39. The second-order valence-corrected chi connectivity index (χ2v) is 13.0. The standard InChI is InChI=1S/C42H31N7O/c1-24-10-9-11-25(2)40(24)49-36-15-8-6-13-34(36)44-42(49)48-35-14-7-5-12-30(35)31-19-17-29(23-38(31)48)50-28-18-20-32-33(22-28)41-46-45-27(4)47(41)37-21-16-26(3)43-39(32)37/h5-23H,1-4H3. The molecule has 8 nitrogen and oxygen atoms in total. The number of imidazole rings is 1. The SMILES string of the molecule is Cc1ccc2c(n1)c1ccc(Oc3ccc4c5ccccc5n(-c5nc6ccccc6n5-c5c(C)cccc5C)c4c3)cc1c1nnc(C)n21. The number of ether oxygens (including phenoxy) is 1. The predicted molar refractivity (Wildman–Crippen MR) is 200 cm³/mol. The highest BCUT2D eigenvalue weighted by Gasteiger charge is 2.22. The molecule has 0 aliphatic heterocycles. The van der Waals surface area contributed by atoms with E-state index in [0.717, 1.165) is 89.2 Å². The first kappa shape index (κ1) is 28.5. The van der Waals surface area contributed by atoms with Crippen molar-refractivity contribution in [1.82, 2.24) is 33.7 Å². The van der Waals surface area contributed by atoms with Gasteiger partial charge in [0.05, 0.1) is 38.8 Å². The topological polar surface area (TPSA) is 75.1 Å². The van der Waals surface area contributed by atoms with Gasteiger partial charge in [-0.2, -0.15) is 0 Å². The third-order valence-electron chi connectivity index (χ3n) is 9.85. The Kier molecular flexibility index (Phi) is 5.97. The second kappa shape index (κ2) is 10.5. The molecule has 5 aromatic carbocycles. The fourth-order valence-electron chi connectivity index (χ4n) is 7.64. The van der Waals surface area contributed by atoms with Crippen LogP contribution >= 0.6 is 0 Å². The zero-order valence-electron chi connectivity index (χ0n) is 28.0. The Morgan fingerprint density at radius 2 is 1.24 bits per heavy atom. The highest BCUT2D eigenvalue weighted by molar-refractivity contribution is 6.11. The lowest BCUT2D eigenvalue weighted by Crippen LogP contribution is -2.08. The van der Waals surface area contributed by atoms with Gasteiger partial charge in [0.25, 0.3) is 0 Å². The summed E-state index contributed by atoms with van der Waals surface area (Å²) >= 11 is 0. The fourth-order valence-corrected chi connectivity index (χ4v) is 7.64. The van der Waals surface area contributed by atoms with Crippen LogP contribution in [0.1, 0.15) is 22.6 Å². The summed E-state index contributed by atoms with van der Waals surface area (Å²) in [5.74, 6) is 3.07. The minimum Gasteiger partial charge on any atom is -0.457 e. The minimum absolute atomic E-state index is 0.705. The molecule has 240 valence electrons. The van der Waals surface area contributed by atoms with E-state index in [9.17, 15) is 0 Å². The Labute approximate surface area is 286 Å². The van der Waals surface area contributed by atoms with E-state index in [1.54, 1.807) is 0 Å². The van der Waals surface area contributed by atoms with Gasteiger partial charge in [0, 0.05) is 33.3 Å². The Bertz CT molecular complexity index is 3000. The number of hydrogen-bond acceptors (Lipinski definition) is 5. The molecule has 50 heavy (non-hydrogen) atoms. The van der Waals surface area contributed by atoms with E-state index in [-0.39, 0.29) is 0 Å². The van der Waals surface area contributed by atoms with Crippen molar-refractivity contribution in [3.05, 3.63) is 138 Å². The van der Waals surface area contributed by atoms with Gasteiger partial charge in [-0.25, -0.2) is 4.98 Å². The maximum absolute atomic E-state index is 6.67. The van der Waals surface area contributed by atoms with Gasteiger partial charge >= 0.3 is 0 Å². The van der Waals surface area contributed by atoms with Gasteiger partial charge in [-0.1, -0.05) is 48.5 Å². The van der Waals surface area contributed by atoms with E-state index in [0.29, 0.717) is 5.75 Å². The zero-order chi connectivity index (χ0) is 33.7. The number of hydrogen-bond donors (Lipinski definition) is 0. The van der Waals surface area contributed by atoms with Crippen LogP contribution in [-0.2, 0) is 0 Å². The van der Waals surface area contributed by atoms with E-state index in [1.165, 1.54) is 11.1 Å².